The van der Waals surface area contributed by atoms with Crippen LogP contribution in [0.1, 0.15) is 18.8 Å². The van der Waals surface area contributed by atoms with Crippen molar-refractivity contribution in [1.82, 2.24) is 29.7 Å². The van der Waals surface area contributed by atoms with Gasteiger partial charge in [0.15, 0.2) is 5.65 Å². The third-order valence-electron chi connectivity index (χ3n) is 2.81. The summed E-state index contributed by atoms with van der Waals surface area (Å²) in [5.41, 5.74) is 0.805. The predicted molar refractivity (Wildman–Crippen MR) is 66.9 cm³/mol. The van der Waals surface area contributed by atoms with E-state index in [0.717, 1.165) is 22.7 Å². The van der Waals surface area contributed by atoms with Crippen LogP contribution in [-0.4, -0.2) is 29.7 Å². The molecule has 0 spiro atoms. The van der Waals surface area contributed by atoms with Crippen molar-refractivity contribution in [2.45, 2.75) is 13.0 Å². The van der Waals surface area contributed by atoms with Crippen LogP contribution in [0.2, 0.25) is 0 Å². The summed E-state index contributed by atoms with van der Waals surface area (Å²) in [6, 6.07) is 0.0401. The van der Waals surface area contributed by atoms with Crippen LogP contribution in [0.3, 0.4) is 0 Å². The number of nitrogens with zero attached hydrogens (tertiary/aromatic N) is 5. The minimum absolute atomic E-state index is 0.0401. The van der Waals surface area contributed by atoms with E-state index in [-0.39, 0.29) is 6.04 Å². The summed E-state index contributed by atoms with van der Waals surface area (Å²) in [7, 11) is 1.86. The number of rotatable bonds is 3. The molecule has 3 heterocycles. The average Bonchev–Trinajstić information content (AvgIpc) is 3.00. The predicted octanol–water partition coefficient (Wildman–Crippen LogP) is 1.26. The fraction of sp³-hybridized carbons (Fsp3) is 0.273. The van der Waals surface area contributed by atoms with E-state index in [1.807, 2.05) is 14.0 Å². The Bertz CT molecular complexity index is 655. The molecule has 7 nitrogen and oxygen atoms in total. The molecule has 92 valence electrons. The first kappa shape index (κ1) is 10.7. The van der Waals surface area contributed by atoms with Crippen LogP contribution in [0.15, 0.2) is 24.9 Å². The second-order valence-electron chi connectivity index (χ2n) is 4.07. The highest BCUT2D eigenvalue weighted by atomic mass is 15.3. The summed E-state index contributed by atoms with van der Waals surface area (Å²) in [6.45, 7) is 2.02. The summed E-state index contributed by atoms with van der Waals surface area (Å²) in [6.07, 6.45) is 6.81. The minimum atomic E-state index is 0.0401. The molecule has 0 aliphatic heterocycles. The summed E-state index contributed by atoms with van der Waals surface area (Å²) in [5, 5.41) is 8.38. The van der Waals surface area contributed by atoms with Gasteiger partial charge in [0.05, 0.1) is 17.6 Å². The van der Waals surface area contributed by atoms with Gasteiger partial charge in [-0.15, -0.1) is 0 Å². The average molecular weight is 243 g/mol. The highest BCUT2D eigenvalue weighted by molar-refractivity contribution is 5.86. The SMILES string of the molecule is CC(Nc1ncnc2c1cnn2C)c1ncc[nH]1. The zero-order valence-corrected chi connectivity index (χ0v) is 10.1. The molecule has 0 saturated carbocycles. The lowest BCUT2D eigenvalue weighted by Crippen LogP contribution is -2.10. The van der Waals surface area contributed by atoms with Crippen LogP contribution in [0, 0.1) is 0 Å². The van der Waals surface area contributed by atoms with Crippen molar-refractivity contribution in [3.63, 3.8) is 0 Å². The number of aromatic nitrogens is 6. The van der Waals surface area contributed by atoms with Gasteiger partial charge in [-0.1, -0.05) is 0 Å². The first-order chi connectivity index (χ1) is 8.75. The molecular formula is C11H13N7. The molecule has 3 aromatic heterocycles. The lowest BCUT2D eigenvalue weighted by atomic mass is 10.3. The molecule has 1 unspecified atom stereocenters. The van der Waals surface area contributed by atoms with Crippen LogP contribution in [0.5, 0.6) is 0 Å². The van der Waals surface area contributed by atoms with Gasteiger partial charge in [0, 0.05) is 19.4 Å². The van der Waals surface area contributed by atoms with Gasteiger partial charge in [0.1, 0.15) is 18.0 Å². The topological polar surface area (TPSA) is 84.3 Å². The zero-order chi connectivity index (χ0) is 12.5. The number of anilines is 1. The number of aromatic amines is 1. The quantitative estimate of drug-likeness (QED) is 0.723. The third kappa shape index (κ3) is 1.69. The van der Waals surface area contributed by atoms with E-state index in [4.69, 9.17) is 0 Å². The number of aryl methyl sites for hydroxylation is 1. The van der Waals surface area contributed by atoms with Crippen molar-refractivity contribution < 1.29 is 0 Å². The number of hydrogen-bond acceptors (Lipinski definition) is 5. The van der Waals surface area contributed by atoms with E-state index >= 15 is 0 Å². The van der Waals surface area contributed by atoms with Crippen LogP contribution >= 0.6 is 0 Å². The molecule has 0 bridgehead atoms. The Balaban J connectivity index is 1.95. The van der Waals surface area contributed by atoms with E-state index in [0.29, 0.717) is 0 Å². The molecule has 0 aliphatic carbocycles. The van der Waals surface area contributed by atoms with Crippen LogP contribution in [0.4, 0.5) is 5.82 Å². The Morgan fingerprint density at radius 2 is 2.22 bits per heavy atom. The van der Waals surface area contributed by atoms with Crippen LogP contribution < -0.4 is 5.32 Å². The molecule has 1 atom stereocenters. The molecule has 3 rings (SSSR count). The minimum Gasteiger partial charge on any atom is -0.360 e. The van der Waals surface area contributed by atoms with Gasteiger partial charge >= 0.3 is 0 Å². The summed E-state index contributed by atoms with van der Waals surface area (Å²) < 4.78 is 1.72. The van der Waals surface area contributed by atoms with Crippen molar-refractivity contribution in [2.24, 2.45) is 7.05 Å². The number of H-pyrrole nitrogens is 1. The van der Waals surface area contributed by atoms with Gasteiger partial charge in [-0.2, -0.15) is 5.10 Å². The van der Waals surface area contributed by atoms with E-state index in [9.17, 15) is 0 Å². The van der Waals surface area contributed by atoms with Crippen molar-refractivity contribution in [3.8, 4) is 0 Å². The fourth-order valence-electron chi connectivity index (χ4n) is 1.86. The summed E-state index contributed by atoms with van der Waals surface area (Å²) in [4.78, 5) is 15.7. The maximum absolute atomic E-state index is 4.25. The van der Waals surface area contributed by atoms with Crippen molar-refractivity contribution >= 4 is 16.9 Å². The maximum atomic E-state index is 4.25. The zero-order valence-electron chi connectivity index (χ0n) is 10.1. The largest absolute Gasteiger partial charge is 0.360 e. The lowest BCUT2D eigenvalue weighted by molar-refractivity contribution is 0.784. The van der Waals surface area contributed by atoms with Crippen molar-refractivity contribution in [1.29, 1.82) is 0 Å². The summed E-state index contributed by atoms with van der Waals surface area (Å²) >= 11 is 0. The maximum Gasteiger partial charge on any atom is 0.163 e. The monoisotopic (exact) mass is 243 g/mol. The normalized spacial score (nSPS) is 12.8. The smallest absolute Gasteiger partial charge is 0.163 e. The Hall–Kier alpha value is -2.44. The number of fused-ring (bicyclic) bond motifs is 1. The second-order valence-corrected chi connectivity index (χ2v) is 4.07. The molecule has 0 fully saturated rings. The molecule has 0 radical (unpaired) electrons. The molecule has 3 aromatic rings. The van der Waals surface area contributed by atoms with Gasteiger partial charge in [-0.25, -0.2) is 15.0 Å². The standard InChI is InChI=1S/C11H13N7/c1-7(9-12-3-4-13-9)17-10-8-5-16-18(2)11(8)15-6-14-10/h3-7H,1-2H3,(H,12,13)(H,14,15,17). The highest BCUT2D eigenvalue weighted by Crippen LogP contribution is 2.21. The number of imidazole rings is 1. The van der Waals surface area contributed by atoms with Crippen molar-refractivity contribution in [3.05, 3.63) is 30.7 Å². The van der Waals surface area contributed by atoms with Gasteiger partial charge in [0.2, 0.25) is 0 Å². The second kappa shape index (κ2) is 4.10. The highest BCUT2D eigenvalue weighted by Gasteiger charge is 2.12. The fourth-order valence-corrected chi connectivity index (χ4v) is 1.86. The molecule has 0 saturated heterocycles. The molecule has 0 aliphatic rings. The Morgan fingerprint density at radius 1 is 1.33 bits per heavy atom. The van der Waals surface area contributed by atoms with E-state index in [1.54, 1.807) is 23.3 Å². The van der Waals surface area contributed by atoms with E-state index < -0.39 is 0 Å². The Labute approximate surface area is 103 Å². The van der Waals surface area contributed by atoms with Gasteiger partial charge in [0.25, 0.3) is 0 Å². The number of nitrogens with one attached hydrogen (secondary N) is 2. The summed E-state index contributed by atoms with van der Waals surface area (Å²) in [5.74, 6) is 1.63. The van der Waals surface area contributed by atoms with Crippen LogP contribution in [0.25, 0.3) is 11.0 Å². The molecule has 18 heavy (non-hydrogen) atoms. The van der Waals surface area contributed by atoms with Crippen molar-refractivity contribution in [2.75, 3.05) is 5.32 Å². The van der Waals surface area contributed by atoms with E-state index in [1.165, 1.54) is 6.33 Å². The first-order valence-corrected chi connectivity index (χ1v) is 5.64. The molecule has 0 aromatic carbocycles. The molecular weight excluding hydrogens is 230 g/mol. The first-order valence-electron chi connectivity index (χ1n) is 5.64. The van der Waals surface area contributed by atoms with Gasteiger partial charge < -0.3 is 10.3 Å². The molecule has 0 amide bonds. The molecule has 2 N–H and O–H groups in total. The molecule has 7 heteroatoms. The van der Waals surface area contributed by atoms with Gasteiger partial charge in [-0.05, 0) is 6.92 Å². The van der Waals surface area contributed by atoms with Gasteiger partial charge in [-0.3, -0.25) is 4.68 Å². The Morgan fingerprint density at radius 3 is 3.00 bits per heavy atom. The third-order valence-corrected chi connectivity index (χ3v) is 2.81. The van der Waals surface area contributed by atoms with Crippen LogP contribution in [-0.2, 0) is 7.05 Å². The number of hydrogen-bond donors (Lipinski definition) is 2. The Kier molecular flexibility index (Phi) is 2.44. The van der Waals surface area contributed by atoms with E-state index in [2.05, 4.69) is 30.4 Å². The lowest BCUT2D eigenvalue weighted by Gasteiger charge is -2.12.